The number of sulfonamides is 1. The summed E-state index contributed by atoms with van der Waals surface area (Å²) >= 11 is 0. The normalized spacial score (nSPS) is 18.2. The summed E-state index contributed by atoms with van der Waals surface area (Å²) in [5, 5.41) is 45.7. The Hall–Kier alpha value is -3.36. The minimum Gasteiger partial charge on any atom is -0.504 e. The molecule has 13 heteroatoms. The number of nitrogens with zero attached hydrogens (tertiary/aromatic N) is 3. The molecule has 3 rings (SSSR count). The van der Waals surface area contributed by atoms with Crippen molar-refractivity contribution < 1.29 is 41.6 Å². The summed E-state index contributed by atoms with van der Waals surface area (Å²) in [7, 11) is -4.25. The van der Waals surface area contributed by atoms with Crippen molar-refractivity contribution in [2.24, 2.45) is 0 Å². The van der Waals surface area contributed by atoms with Crippen molar-refractivity contribution in [2.45, 2.75) is 30.0 Å². The van der Waals surface area contributed by atoms with Crippen molar-refractivity contribution in [3.8, 4) is 23.6 Å². The van der Waals surface area contributed by atoms with Crippen molar-refractivity contribution in [2.75, 3.05) is 26.3 Å². The number of aliphatic hydroxyl groups is 2. The Balaban J connectivity index is 0.000000303. The molecule has 0 aliphatic carbocycles. The minimum absolute atomic E-state index is 0.00868. The summed E-state index contributed by atoms with van der Waals surface area (Å²) in [5.74, 6) is 0.424. The summed E-state index contributed by atoms with van der Waals surface area (Å²) in [5.41, 5.74) is -2.86. The van der Waals surface area contributed by atoms with E-state index in [1.165, 1.54) is 24.3 Å². The van der Waals surface area contributed by atoms with E-state index in [9.17, 15) is 31.8 Å². The van der Waals surface area contributed by atoms with Crippen molar-refractivity contribution >= 4 is 10.0 Å². The number of ether oxygens (including phenoxy) is 1. The molecule has 1 saturated heterocycles. The van der Waals surface area contributed by atoms with Gasteiger partial charge in [-0.05, 0) is 43.7 Å². The van der Waals surface area contributed by atoms with E-state index in [0.29, 0.717) is 30.1 Å². The molecule has 0 bridgehead atoms. The zero-order valence-electron chi connectivity index (χ0n) is 18.4. The number of hydrogen-bond donors (Lipinski definition) is 3. The third-order valence-corrected chi connectivity index (χ3v) is 6.93. The van der Waals surface area contributed by atoms with Gasteiger partial charge >= 0.3 is 6.18 Å². The molecule has 9 nitrogen and oxygen atoms in total. The van der Waals surface area contributed by atoms with E-state index in [2.05, 4.69) is 0 Å². The molecule has 1 atom stereocenters. The van der Waals surface area contributed by atoms with E-state index >= 15 is 0 Å². The Labute approximate surface area is 199 Å². The Morgan fingerprint density at radius 3 is 2.37 bits per heavy atom. The molecule has 1 heterocycles. The van der Waals surface area contributed by atoms with Crippen LogP contribution in [0, 0.1) is 22.7 Å². The van der Waals surface area contributed by atoms with Crippen LogP contribution in [0.5, 0.6) is 11.5 Å². The molecule has 1 unspecified atom stereocenters. The van der Waals surface area contributed by atoms with Crippen LogP contribution >= 0.6 is 0 Å². The van der Waals surface area contributed by atoms with E-state index in [0.717, 1.165) is 10.4 Å². The lowest BCUT2D eigenvalue weighted by atomic mass is 10.1. The Morgan fingerprint density at radius 1 is 1.17 bits per heavy atom. The highest BCUT2D eigenvalue weighted by atomic mass is 32.2. The number of hydrogen-bond acceptors (Lipinski definition) is 8. The second kappa shape index (κ2) is 10.9. The van der Waals surface area contributed by atoms with Crippen molar-refractivity contribution in [1.29, 1.82) is 10.5 Å². The molecule has 0 radical (unpaired) electrons. The number of β-amino-alcohol motifs (C(OH)–C–C–N with tert-alkyl or cyclic N) is 1. The van der Waals surface area contributed by atoms with Crippen LogP contribution in [0.4, 0.5) is 13.2 Å². The fourth-order valence-electron chi connectivity index (χ4n) is 3.17. The van der Waals surface area contributed by atoms with Crippen molar-refractivity contribution in [1.82, 2.24) is 4.31 Å². The second-order valence-corrected chi connectivity index (χ2v) is 9.43. The van der Waals surface area contributed by atoms with Gasteiger partial charge in [0.05, 0.1) is 40.9 Å². The molecular weight excluding hydrogens is 491 g/mol. The van der Waals surface area contributed by atoms with Crippen LogP contribution < -0.4 is 4.74 Å². The average Bonchev–Trinajstić information content (AvgIpc) is 3.23. The highest BCUT2D eigenvalue weighted by Crippen LogP contribution is 2.33. The summed E-state index contributed by atoms with van der Waals surface area (Å²) in [6.45, 7) is 1.15. The van der Waals surface area contributed by atoms with E-state index in [1.807, 2.05) is 13.0 Å². The van der Waals surface area contributed by atoms with E-state index < -0.39 is 51.0 Å². The third kappa shape index (κ3) is 6.61. The fourth-order valence-corrected chi connectivity index (χ4v) is 4.81. The quantitative estimate of drug-likeness (QED) is 0.550. The number of aliphatic hydroxyl groups excluding tert-OH is 1. The SMILES string of the molecule is CCOc1cc(C#N)ccc1O.N#Cc1cc(C(F)(F)F)ccc1S(=O)(=O)N1CCC(O)(CO)C1. The van der Waals surface area contributed by atoms with Gasteiger partial charge in [-0.1, -0.05) is 0 Å². The third-order valence-electron chi connectivity index (χ3n) is 5.03. The van der Waals surface area contributed by atoms with Crippen LogP contribution in [-0.2, 0) is 16.2 Å². The van der Waals surface area contributed by atoms with Crippen LogP contribution in [0.3, 0.4) is 0 Å². The number of benzene rings is 2. The largest absolute Gasteiger partial charge is 0.504 e. The summed E-state index contributed by atoms with van der Waals surface area (Å²) in [4.78, 5) is -0.560. The smallest absolute Gasteiger partial charge is 0.416 e. The van der Waals surface area contributed by atoms with Gasteiger partial charge in [0.25, 0.3) is 0 Å². The average molecular weight is 513 g/mol. The predicted octanol–water partition coefficient (Wildman–Crippen LogP) is 2.36. The van der Waals surface area contributed by atoms with Gasteiger partial charge in [-0.25, -0.2) is 8.42 Å². The number of phenolic OH excluding ortho intramolecular Hbond substituents is 1. The zero-order chi connectivity index (χ0) is 26.4. The van der Waals surface area contributed by atoms with Crippen molar-refractivity contribution in [3.63, 3.8) is 0 Å². The van der Waals surface area contributed by atoms with Gasteiger partial charge < -0.3 is 20.1 Å². The molecule has 0 amide bonds. The van der Waals surface area contributed by atoms with Gasteiger partial charge in [-0.15, -0.1) is 0 Å². The van der Waals surface area contributed by atoms with Crippen LogP contribution in [0.15, 0.2) is 41.3 Å². The van der Waals surface area contributed by atoms with Crippen molar-refractivity contribution in [3.05, 3.63) is 53.1 Å². The van der Waals surface area contributed by atoms with Crippen LogP contribution in [0.25, 0.3) is 0 Å². The first-order chi connectivity index (χ1) is 16.3. The molecule has 1 aliphatic rings. The molecule has 2 aromatic carbocycles. The number of nitriles is 2. The first-order valence-electron chi connectivity index (χ1n) is 10.1. The lowest BCUT2D eigenvalue weighted by molar-refractivity contribution is -0.137. The molecule has 0 aromatic heterocycles. The predicted molar refractivity (Wildman–Crippen MR) is 116 cm³/mol. The van der Waals surface area contributed by atoms with Crippen LogP contribution in [-0.4, -0.2) is 59.9 Å². The van der Waals surface area contributed by atoms with Gasteiger partial charge in [-0.2, -0.15) is 28.0 Å². The highest BCUT2D eigenvalue weighted by molar-refractivity contribution is 7.89. The molecular formula is C22H22F3N3O6S. The van der Waals surface area contributed by atoms with Gasteiger partial charge in [0, 0.05) is 19.2 Å². The Kier molecular flexibility index (Phi) is 8.70. The van der Waals surface area contributed by atoms with E-state index in [1.54, 1.807) is 0 Å². The lowest BCUT2D eigenvalue weighted by Gasteiger charge is -2.21. The van der Waals surface area contributed by atoms with Gasteiger partial charge in [0.1, 0.15) is 11.7 Å². The Morgan fingerprint density at radius 2 is 1.86 bits per heavy atom. The summed E-state index contributed by atoms with van der Waals surface area (Å²) in [6, 6.07) is 9.70. The number of halogens is 3. The zero-order valence-corrected chi connectivity index (χ0v) is 19.3. The topological polar surface area (TPSA) is 155 Å². The number of alkyl halides is 3. The lowest BCUT2D eigenvalue weighted by Crippen LogP contribution is -2.39. The monoisotopic (exact) mass is 513 g/mol. The van der Waals surface area contributed by atoms with Crippen LogP contribution in [0.2, 0.25) is 0 Å². The second-order valence-electron chi connectivity index (χ2n) is 7.52. The maximum atomic E-state index is 12.7. The van der Waals surface area contributed by atoms with Gasteiger partial charge in [-0.3, -0.25) is 0 Å². The van der Waals surface area contributed by atoms with Gasteiger partial charge in [0.2, 0.25) is 10.0 Å². The van der Waals surface area contributed by atoms with Gasteiger partial charge in [0.15, 0.2) is 11.5 Å². The molecule has 0 saturated carbocycles. The highest BCUT2D eigenvalue weighted by Gasteiger charge is 2.42. The molecule has 1 fully saturated rings. The molecule has 35 heavy (non-hydrogen) atoms. The standard InChI is InChI=1S/C13H13F3N2O4S.C9H9NO2/c14-13(15,16)10-1-2-11(9(5-10)6-17)23(21,22)18-4-3-12(20,7-18)8-19;1-2-12-9-5-7(6-10)3-4-8(9)11/h1-2,5,19-20H,3-4,7-8H2;3-5,11H,2H2,1H3. The van der Waals surface area contributed by atoms with E-state index in [-0.39, 0.29) is 18.7 Å². The molecule has 0 spiro atoms. The Bertz CT molecular complexity index is 1250. The number of rotatable bonds is 5. The number of aromatic hydroxyl groups is 1. The minimum atomic E-state index is -4.70. The molecule has 1 aliphatic heterocycles. The molecule has 2 aromatic rings. The fraction of sp³-hybridized carbons (Fsp3) is 0.364. The summed E-state index contributed by atoms with van der Waals surface area (Å²) < 4.78 is 68.8. The molecule has 188 valence electrons. The summed E-state index contributed by atoms with van der Waals surface area (Å²) in [6.07, 6.45) is -4.70. The first kappa shape index (κ1) is 27.9. The molecule has 3 N–H and O–H groups in total. The van der Waals surface area contributed by atoms with E-state index in [4.69, 9.17) is 20.4 Å². The first-order valence-corrected chi connectivity index (χ1v) is 11.6. The maximum absolute atomic E-state index is 12.7. The number of phenols is 1. The van der Waals surface area contributed by atoms with Crippen LogP contribution in [0.1, 0.15) is 30.0 Å². The maximum Gasteiger partial charge on any atom is 0.416 e.